The smallest absolute Gasteiger partial charge is 0.266 e. The zero-order valence-corrected chi connectivity index (χ0v) is 32.3. The number of nitrogens with zero attached hydrogens (tertiary/aromatic N) is 5. The highest BCUT2D eigenvalue weighted by molar-refractivity contribution is 6.17. The molecule has 4 fully saturated rings. The quantitative estimate of drug-likeness (QED) is 0.203. The van der Waals surface area contributed by atoms with Crippen molar-refractivity contribution in [1.29, 1.82) is 5.41 Å². The lowest BCUT2D eigenvalue weighted by atomic mass is 9.73. The Hall–Kier alpha value is -4.54. The highest BCUT2D eigenvalue weighted by Gasteiger charge is 2.56. The van der Waals surface area contributed by atoms with Crippen LogP contribution in [0.2, 0.25) is 0 Å². The minimum Gasteiger partial charge on any atom is -0.392 e. The normalized spacial score (nSPS) is 27.7. The van der Waals surface area contributed by atoms with Crippen LogP contribution in [0.4, 0.5) is 5.69 Å². The van der Waals surface area contributed by atoms with Crippen molar-refractivity contribution >= 4 is 29.4 Å². The molecule has 4 atom stereocenters. The van der Waals surface area contributed by atoms with Gasteiger partial charge in [0.05, 0.1) is 12.6 Å². The number of nitrogens with two attached hydrogens (primary N) is 1. The Morgan fingerprint density at radius 1 is 0.836 bits per heavy atom. The highest BCUT2D eigenvalue weighted by atomic mass is 16.3. The van der Waals surface area contributed by atoms with Crippen molar-refractivity contribution in [3.63, 3.8) is 0 Å². The van der Waals surface area contributed by atoms with E-state index in [-0.39, 0.29) is 36.4 Å². The van der Waals surface area contributed by atoms with Gasteiger partial charge < -0.3 is 10.8 Å². The van der Waals surface area contributed by atoms with Gasteiger partial charge in [-0.2, -0.15) is 0 Å². The lowest BCUT2D eigenvalue weighted by Gasteiger charge is -2.43. The molecule has 3 aromatic rings. The summed E-state index contributed by atoms with van der Waals surface area (Å²) in [6.07, 6.45) is 13.5. The van der Waals surface area contributed by atoms with Gasteiger partial charge in [-0.3, -0.25) is 34.6 Å². The second-order valence-electron chi connectivity index (χ2n) is 16.9. The predicted octanol–water partition coefficient (Wildman–Crippen LogP) is 6.62. The van der Waals surface area contributed by atoms with E-state index < -0.39 is 11.1 Å². The van der Waals surface area contributed by atoms with Gasteiger partial charge >= 0.3 is 0 Å². The van der Waals surface area contributed by atoms with Crippen LogP contribution in [-0.2, 0) is 21.7 Å². The Labute approximate surface area is 325 Å². The lowest BCUT2D eigenvalue weighted by Crippen LogP contribution is -2.52. The van der Waals surface area contributed by atoms with E-state index in [1.165, 1.54) is 32.1 Å². The van der Waals surface area contributed by atoms with E-state index in [1.54, 1.807) is 16.8 Å². The third-order valence-electron chi connectivity index (χ3n) is 13.4. The average Bonchev–Trinajstić information content (AvgIpc) is 3.82. The van der Waals surface area contributed by atoms with E-state index in [2.05, 4.69) is 4.90 Å². The van der Waals surface area contributed by atoms with E-state index in [0.717, 1.165) is 74.0 Å². The van der Waals surface area contributed by atoms with E-state index >= 15 is 0 Å². The number of nitrogens with one attached hydrogen (secondary N) is 1. The summed E-state index contributed by atoms with van der Waals surface area (Å²) in [7, 11) is 1.76. The summed E-state index contributed by atoms with van der Waals surface area (Å²) in [5, 5.41) is 19.8. The van der Waals surface area contributed by atoms with Gasteiger partial charge in [0.1, 0.15) is 5.54 Å². The first-order valence-electron chi connectivity index (χ1n) is 20.7. The summed E-state index contributed by atoms with van der Waals surface area (Å²) in [5.41, 5.74) is 7.63. The highest BCUT2D eigenvalue weighted by Crippen LogP contribution is 2.46. The number of hydrogen-bond donors (Lipinski definition) is 3. The number of benzene rings is 3. The molecule has 2 saturated heterocycles. The molecule has 10 nitrogen and oxygen atoms in total. The molecule has 3 aromatic carbocycles. The molecule has 8 rings (SSSR count). The summed E-state index contributed by atoms with van der Waals surface area (Å²) >= 11 is 0. The number of rotatable bonds is 11. The summed E-state index contributed by atoms with van der Waals surface area (Å²) in [6.45, 7) is 1.88. The number of aliphatic hydroxyl groups excluding tert-OH is 1. The van der Waals surface area contributed by atoms with Gasteiger partial charge in [-0.15, -0.1) is 0 Å². The molecule has 3 aliphatic heterocycles. The van der Waals surface area contributed by atoms with E-state index in [0.29, 0.717) is 30.7 Å². The third kappa shape index (κ3) is 6.97. The van der Waals surface area contributed by atoms with Crippen molar-refractivity contribution in [1.82, 2.24) is 14.7 Å². The van der Waals surface area contributed by atoms with Crippen molar-refractivity contribution in [3.05, 3.63) is 102 Å². The van der Waals surface area contributed by atoms with E-state index in [9.17, 15) is 20.1 Å². The zero-order chi connectivity index (χ0) is 38.2. The maximum absolute atomic E-state index is 14.8. The van der Waals surface area contributed by atoms with Crippen molar-refractivity contribution in [2.45, 2.75) is 113 Å². The van der Waals surface area contributed by atoms with Crippen molar-refractivity contribution in [2.24, 2.45) is 22.6 Å². The second-order valence-corrected chi connectivity index (χ2v) is 16.9. The van der Waals surface area contributed by atoms with Gasteiger partial charge in [0, 0.05) is 31.9 Å². The fourth-order valence-corrected chi connectivity index (χ4v) is 10.6. The summed E-state index contributed by atoms with van der Waals surface area (Å²) in [6, 6.07) is 27.6. The lowest BCUT2D eigenvalue weighted by molar-refractivity contribution is -0.131. The third-order valence-corrected chi connectivity index (χ3v) is 13.4. The Balaban J connectivity index is 1.11. The van der Waals surface area contributed by atoms with Crippen LogP contribution in [-0.4, -0.2) is 81.4 Å². The number of aliphatic imine (C=N–C) groups is 1. The first kappa shape index (κ1) is 37.4. The minimum atomic E-state index is -1.30. The van der Waals surface area contributed by atoms with Crippen LogP contribution in [0.5, 0.6) is 0 Å². The molecule has 2 amide bonds. The van der Waals surface area contributed by atoms with Gasteiger partial charge in [0.2, 0.25) is 5.96 Å². The topological polar surface area (TPSA) is 130 Å². The molecule has 0 bridgehead atoms. The van der Waals surface area contributed by atoms with Crippen LogP contribution in [0, 0.1) is 17.2 Å². The Morgan fingerprint density at radius 3 is 2.20 bits per heavy atom. The Morgan fingerprint density at radius 2 is 1.53 bits per heavy atom. The molecule has 2 aliphatic carbocycles. The van der Waals surface area contributed by atoms with Crippen LogP contribution in [0.3, 0.4) is 0 Å². The van der Waals surface area contributed by atoms with Crippen LogP contribution < -0.4 is 10.6 Å². The van der Waals surface area contributed by atoms with E-state index in [1.807, 2.05) is 89.8 Å². The number of likely N-dealkylation sites (tertiary alicyclic amines) is 1. The van der Waals surface area contributed by atoms with Crippen LogP contribution >= 0.6 is 0 Å². The number of carbonyl (C=O) groups excluding carboxylic acids is 2. The monoisotopic (exact) mass is 743 g/mol. The number of carbonyl (C=O) groups is 2. The molecule has 290 valence electrons. The van der Waals surface area contributed by atoms with Crippen LogP contribution in [0.25, 0.3) is 0 Å². The zero-order valence-electron chi connectivity index (χ0n) is 32.3. The standard InChI is InChI=1S/C45H57N7O3/c1-49-40(54)44(25-23-32-13-5-2-6-14-32,29-33-15-11-21-37(27-33)50-26-24-39(53)31-50)52(43(49)47)38-22-12-16-34(28-38)30-51-41(55)45(48-42(51)46,35-17-7-3-8-18-35)36-19-9-4-10-20-36/h3-4,7-10,12,16-20,22,28,32-33,37,39,47,53H,2,5-6,11,13-15,21,23-27,29-31H2,1H3,(H2,46,48)/t33-,37-,39-,44+/m0/s1. The van der Waals surface area contributed by atoms with Gasteiger partial charge in [-0.25, -0.2) is 4.99 Å². The molecule has 0 aromatic heterocycles. The van der Waals surface area contributed by atoms with Crippen molar-refractivity contribution < 1.29 is 14.7 Å². The molecule has 2 saturated carbocycles. The molecule has 0 unspecified atom stereocenters. The van der Waals surface area contributed by atoms with Crippen LogP contribution in [0.15, 0.2) is 89.9 Å². The van der Waals surface area contributed by atoms with Gasteiger partial charge in [-0.1, -0.05) is 118 Å². The molecule has 4 N–H and O–H groups in total. The summed E-state index contributed by atoms with van der Waals surface area (Å²) in [4.78, 5) is 41.9. The van der Waals surface area contributed by atoms with Crippen molar-refractivity contribution in [2.75, 3.05) is 25.0 Å². The minimum absolute atomic E-state index is 0.0130. The summed E-state index contributed by atoms with van der Waals surface area (Å²) < 4.78 is 0. The molecule has 55 heavy (non-hydrogen) atoms. The fourth-order valence-electron chi connectivity index (χ4n) is 10.6. The first-order valence-corrected chi connectivity index (χ1v) is 20.7. The number of guanidine groups is 2. The maximum Gasteiger partial charge on any atom is 0.266 e. The SMILES string of the molecule is CN1C(=N)N(c2cccc(CN3C(=O)C(c4ccccc4)(c4ccccc4)N=C3N)c2)[C@](CCC2CCCCC2)(C[C@H]2CCC[C@H](N3CC[C@H](O)C3)C2)C1=O. The molecular formula is C45H57N7O3. The number of amides is 2. The van der Waals surface area contributed by atoms with Gasteiger partial charge in [0.25, 0.3) is 11.8 Å². The molecule has 3 heterocycles. The number of likely N-dealkylation sites (N-methyl/N-ethyl adjacent to an activating group) is 1. The largest absolute Gasteiger partial charge is 0.392 e. The molecule has 5 aliphatic rings. The summed E-state index contributed by atoms with van der Waals surface area (Å²) in [5.74, 6) is 1.08. The average molecular weight is 744 g/mol. The molecule has 0 spiro atoms. The molecule has 0 radical (unpaired) electrons. The number of β-amino-alcohol motifs (C(OH)–C–C–N with tert-alkyl or cyclic N) is 1. The maximum atomic E-state index is 14.8. The van der Waals surface area contributed by atoms with E-state index in [4.69, 9.17) is 10.7 Å². The molecular weight excluding hydrogens is 687 g/mol. The van der Waals surface area contributed by atoms with Crippen molar-refractivity contribution in [3.8, 4) is 0 Å². The first-order chi connectivity index (χ1) is 26.7. The van der Waals surface area contributed by atoms with Gasteiger partial charge in [-0.05, 0) is 79.2 Å². The second kappa shape index (κ2) is 15.5. The predicted molar refractivity (Wildman–Crippen MR) is 216 cm³/mol. The Kier molecular flexibility index (Phi) is 10.6. The number of aliphatic hydroxyl groups is 1. The Bertz CT molecular complexity index is 1860. The number of hydrogen-bond acceptors (Lipinski definition) is 7. The number of anilines is 1. The molecule has 10 heteroatoms. The van der Waals surface area contributed by atoms with Crippen LogP contribution in [0.1, 0.15) is 100 Å². The van der Waals surface area contributed by atoms with Gasteiger partial charge in [0.15, 0.2) is 11.5 Å². The fraction of sp³-hybridized carbons (Fsp3) is 0.511.